The Kier molecular flexibility index (Phi) is 3.63. The van der Waals surface area contributed by atoms with E-state index in [0.29, 0.717) is 5.82 Å². The van der Waals surface area contributed by atoms with Crippen LogP contribution in [0.15, 0.2) is 46.2 Å². The molecule has 5 nitrogen and oxygen atoms in total. The Morgan fingerprint density at radius 1 is 1.33 bits per heavy atom. The molecule has 1 N–H and O–H groups in total. The molecule has 0 aliphatic heterocycles. The van der Waals surface area contributed by atoms with Crippen molar-refractivity contribution in [2.24, 2.45) is 0 Å². The number of hydrogen-bond acceptors (Lipinski definition) is 4. The molecule has 2 rings (SSSR count). The number of rotatable bonds is 3. The quantitative estimate of drug-likeness (QED) is 0.939. The summed E-state index contributed by atoms with van der Waals surface area (Å²) in [5, 5.41) is 0. The lowest BCUT2D eigenvalue weighted by molar-refractivity contribution is 0.600. The number of hydrogen-bond donors (Lipinski definition) is 1. The van der Waals surface area contributed by atoms with Crippen molar-refractivity contribution >= 4 is 31.8 Å². The average molecular weight is 328 g/mol. The van der Waals surface area contributed by atoms with Crippen molar-refractivity contribution in [3.05, 3.63) is 46.8 Å². The molecule has 94 valence electrons. The van der Waals surface area contributed by atoms with E-state index in [1.54, 1.807) is 19.1 Å². The summed E-state index contributed by atoms with van der Waals surface area (Å²) < 4.78 is 27.3. The molecule has 0 saturated carbocycles. The molecule has 0 bridgehead atoms. The zero-order valence-electron chi connectivity index (χ0n) is 9.46. The first kappa shape index (κ1) is 13.0. The highest BCUT2D eigenvalue weighted by Crippen LogP contribution is 2.19. The summed E-state index contributed by atoms with van der Waals surface area (Å²) in [6, 6.07) is 4.83. The molecular weight excluding hydrogens is 318 g/mol. The van der Waals surface area contributed by atoms with Crippen molar-refractivity contribution in [3.63, 3.8) is 0 Å². The minimum atomic E-state index is -3.64. The highest BCUT2D eigenvalue weighted by Gasteiger charge is 2.15. The molecule has 0 aromatic carbocycles. The first-order valence-electron chi connectivity index (χ1n) is 5.04. The summed E-state index contributed by atoms with van der Waals surface area (Å²) in [5.41, 5.74) is 0.733. The number of sulfonamides is 1. The first-order chi connectivity index (χ1) is 8.49. The molecule has 0 spiro atoms. The average Bonchev–Trinajstić information content (AvgIpc) is 2.34. The molecule has 2 aromatic heterocycles. The van der Waals surface area contributed by atoms with Gasteiger partial charge in [-0.2, -0.15) is 0 Å². The van der Waals surface area contributed by atoms with Gasteiger partial charge in [0.15, 0.2) is 0 Å². The summed E-state index contributed by atoms with van der Waals surface area (Å²) in [5.74, 6) is 0.307. The lowest BCUT2D eigenvalue weighted by atomic mass is 10.3. The lowest BCUT2D eigenvalue weighted by Crippen LogP contribution is -2.14. The van der Waals surface area contributed by atoms with Crippen LogP contribution in [0.2, 0.25) is 0 Å². The van der Waals surface area contributed by atoms with E-state index < -0.39 is 10.0 Å². The summed E-state index contributed by atoms with van der Waals surface area (Å²) in [4.78, 5) is 7.92. The maximum absolute atomic E-state index is 12.0. The van der Waals surface area contributed by atoms with Gasteiger partial charge in [0.1, 0.15) is 10.7 Å². The normalized spacial score (nSPS) is 11.2. The summed E-state index contributed by atoms with van der Waals surface area (Å²) in [6.45, 7) is 1.78. The predicted molar refractivity (Wildman–Crippen MR) is 71.7 cm³/mol. The van der Waals surface area contributed by atoms with Gasteiger partial charge in [-0.1, -0.05) is 0 Å². The molecule has 0 amide bonds. The van der Waals surface area contributed by atoms with Gasteiger partial charge < -0.3 is 0 Å². The number of halogens is 1. The van der Waals surface area contributed by atoms with Crippen molar-refractivity contribution < 1.29 is 8.42 Å². The third kappa shape index (κ3) is 2.85. The van der Waals surface area contributed by atoms with Gasteiger partial charge in [-0.15, -0.1) is 0 Å². The van der Waals surface area contributed by atoms with Crippen LogP contribution < -0.4 is 4.72 Å². The van der Waals surface area contributed by atoms with Crippen LogP contribution in [0.5, 0.6) is 0 Å². The number of pyridine rings is 2. The van der Waals surface area contributed by atoms with Gasteiger partial charge >= 0.3 is 0 Å². The SMILES string of the molecule is Cc1cc(Br)cnc1NS(=O)(=O)c1cccnc1. The molecule has 0 atom stereocenters. The van der Waals surface area contributed by atoms with Crippen molar-refractivity contribution in [1.29, 1.82) is 0 Å². The van der Waals surface area contributed by atoms with E-state index in [1.807, 2.05) is 0 Å². The fourth-order valence-electron chi connectivity index (χ4n) is 1.34. The van der Waals surface area contributed by atoms with Crippen molar-refractivity contribution in [3.8, 4) is 0 Å². The fraction of sp³-hybridized carbons (Fsp3) is 0.0909. The monoisotopic (exact) mass is 327 g/mol. The van der Waals surface area contributed by atoms with E-state index >= 15 is 0 Å². The van der Waals surface area contributed by atoms with Crippen LogP contribution in [-0.2, 0) is 10.0 Å². The number of anilines is 1. The molecular formula is C11H10BrN3O2S. The van der Waals surface area contributed by atoms with Crippen LogP contribution in [0.25, 0.3) is 0 Å². The molecule has 0 radical (unpaired) electrons. The molecule has 2 aromatic rings. The van der Waals surface area contributed by atoms with E-state index in [9.17, 15) is 8.42 Å². The van der Waals surface area contributed by atoms with Gasteiger partial charge in [0, 0.05) is 23.1 Å². The van der Waals surface area contributed by atoms with Crippen LogP contribution in [0.4, 0.5) is 5.82 Å². The third-order valence-corrected chi connectivity index (χ3v) is 3.98. The van der Waals surface area contributed by atoms with Crippen LogP contribution in [0.1, 0.15) is 5.56 Å². The maximum atomic E-state index is 12.0. The van der Waals surface area contributed by atoms with Gasteiger partial charge in [0.05, 0.1) is 0 Å². The molecule has 0 saturated heterocycles. The fourth-order valence-corrected chi connectivity index (χ4v) is 2.83. The standard InChI is InChI=1S/C11H10BrN3O2S/c1-8-5-9(12)6-14-11(8)15-18(16,17)10-3-2-4-13-7-10/h2-7H,1H3,(H,14,15). The Morgan fingerprint density at radius 3 is 2.72 bits per heavy atom. The van der Waals surface area contributed by atoms with Crippen LogP contribution in [0.3, 0.4) is 0 Å². The van der Waals surface area contributed by atoms with Gasteiger partial charge in [-0.25, -0.2) is 13.4 Å². The summed E-state index contributed by atoms with van der Waals surface area (Å²) >= 11 is 3.27. The molecule has 18 heavy (non-hydrogen) atoms. The molecule has 0 aliphatic rings. The highest BCUT2D eigenvalue weighted by atomic mass is 79.9. The van der Waals surface area contributed by atoms with E-state index in [1.165, 1.54) is 24.7 Å². The molecule has 0 aliphatic carbocycles. The predicted octanol–water partition coefficient (Wildman–Crippen LogP) is 2.35. The van der Waals surface area contributed by atoms with Crippen molar-refractivity contribution in [1.82, 2.24) is 9.97 Å². The van der Waals surface area contributed by atoms with Crippen LogP contribution >= 0.6 is 15.9 Å². The third-order valence-electron chi connectivity index (χ3n) is 2.22. The van der Waals surface area contributed by atoms with E-state index in [0.717, 1.165) is 10.0 Å². The number of nitrogens with zero attached hydrogens (tertiary/aromatic N) is 2. The summed E-state index contributed by atoms with van der Waals surface area (Å²) in [6.07, 6.45) is 4.34. The Balaban J connectivity index is 2.34. The summed E-state index contributed by atoms with van der Waals surface area (Å²) in [7, 11) is -3.64. The Bertz CT molecular complexity index is 659. The molecule has 2 heterocycles. The van der Waals surface area contributed by atoms with Crippen LogP contribution in [0, 0.1) is 6.92 Å². The van der Waals surface area contributed by atoms with Crippen LogP contribution in [-0.4, -0.2) is 18.4 Å². The smallest absolute Gasteiger partial charge is 0.263 e. The second kappa shape index (κ2) is 5.03. The largest absolute Gasteiger partial charge is 0.264 e. The molecule has 0 unspecified atom stereocenters. The van der Waals surface area contributed by atoms with Crippen molar-refractivity contribution in [2.75, 3.05) is 4.72 Å². The zero-order chi connectivity index (χ0) is 13.2. The minimum absolute atomic E-state index is 0.106. The second-order valence-electron chi connectivity index (χ2n) is 3.61. The van der Waals surface area contributed by atoms with Crippen molar-refractivity contribution in [2.45, 2.75) is 11.8 Å². The number of aromatic nitrogens is 2. The Labute approximate surface area is 113 Å². The highest BCUT2D eigenvalue weighted by molar-refractivity contribution is 9.10. The minimum Gasteiger partial charge on any atom is -0.263 e. The van der Waals surface area contributed by atoms with Gasteiger partial charge in [0.2, 0.25) is 0 Å². The molecule has 0 fully saturated rings. The number of aryl methyl sites for hydroxylation is 1. The topological polar surface area (TPSA) is 72.0 Å². The van der Waals surface area contributed by atoms with E-state index in [2.05, 4.69) is 30.6 Å². The van der Waals surface area contributed by atoms with Gasteiger partial charge in [0.25, 0.3) is 10.0 Å². The van der Waals surface area contributed by atoms with E-state index in [4.69, 9.17) is 0 Å². The van der Waals surface area contributed by atoms with Gasteiger partial charge in [-0.3, -0.25) is 9.71 Å². The Morgan fingerprint density at radius 2 is 2.11 bits per heavy atom. The lowest BCUT2D eigenvalue weighted by Gasteiger charge is -2.09. The maximum Gasteiger partial charge on any atom is 0.264 e. The zero-order valence-corrected chi connectivity index (χ0v) is 11.9. The molecule has 7 heteroatoms. The van der Waals surface area contributed by atoms with E-state index in [-0.39, 0.29) is 4.90 Å². The Hall–Kier alpha value is -1.47. The first-order valence-corrected chi connectivity index (χ1v) is 7.31. The number of nitrogens with one attached hydrogen (secondary N) is 1. The second-order valence-corrected chi connectivity index (χ2v) is 6.21. The van der Waals surface area contributed by atoms with Gasteiger partial charge in [-0.05, 0) is 46.6 Å².